The molecule has 0 aromatic heterocycles. The van der Waals surface area contributed by atoms with Gasteiger partial charge in [-0.05, 0) is 37.6 Å². The normalized spacial score (nSPS) is 18.2. The predicted molar refractivity (Wildman–Crippen MR) is 118 cm³/mol. The van der Waals surface area contributed by atoms with Crippen LogP contribution in [0.15, 0.2) is 24.3 Å². The van der Waals surface area contributed by atoms with Crippen LogP contribution in [0.25, 0.3) is 0 Å². The van der Waals surface area contributed by atoms with E-state index in [1.54, 1.807) is 0 Å². The molecule has 0 atom stereocenters. The molecular formula is C22H35N5O3. The number of morpholine rings is 1. The highest BCUT2D eigenvalue weighted by Gasteiger charge is 2.15. The summed E-state index contributed by atoms with van der Waals surface area (Å²) < 4.78 is 5.29. The Bertz CT molecular complexity index is 668. The van der Waals surface area contributed by atoms with E-state index in [2.05, 4.69) is 56.6 Å². The third kappa shape index (κ3) is 7.27. The summed E-state index contributed by atoms with van der Waals surface area (Å²) >= 11 is 0. The van der Waals surface area contributed by atoms with Gasteiger partial charge in [0.25, 0.3) is 0 Å². The maximum atomic E-state index is 11.9. The van der Waals surface area contributed by atoms with Crippen molar-refractivity contribution in [3.8, 4) is 0 Å². The summed E-state index contributed by atoms with van der Waals surface area (Å²) in [6.07, 6.45) is 1.68. The molecule has 1 aromatic carbocycles. The van der Waals surface area contributed by atoms with Crippen LogP contribution in [0.3, 0.4) is 0 Å². The van der Waals surface area contributed by atoms with E-state index in [1.807, 2.05) is 0 Å². The van der Waals surface area contributed by atoms with Crippen molar-refractivity contribution in [3.05, 3.63) is 29.8 Å². The van der Waals surface area contributed by atoms with Crippen molar-refractivity contribution in [3.63, 3.8) is 0 Å². The van der Waals surface area contributed by atoms with Crippen molar-refractivity contribution in [1.29, 1.82) is 0 Å². The van der Waals surface area contributed by atoms with Crippen LogP contribution in [0.1, 0.15) is 12.0 Å². The molecule has 166 valence electrons. The fourth-order valence-corrected chi connectivity index (χ4v) is 3.75. The lowest BCUT2D eigenvalue weighted by atomic mass is 10.1. The Kier molecular flexibility index (Phi) is 8.92. The lowest BCUT2D eigenvalue weighted by Gasteiger charge is -2.34. The summed E-state index contributed by atoms with van der Waals surface area (Å²) in [6, 6.07) is 8.68. The first-order valence-corrected chi connectivity index (χ1v) is 11.0. The molecule has 0 bridgehead atoms. The number of nitrogens with zero attached hydrogens (tertiary/aromatic N) is 3. The number of amides is 2. The number of rotatable bonds is 8. The monoisotopic (exact) mass is 417 g/mol. The summed E-state index contributed by atoms with van der Waals surface area (Å²) in [4.78, 5) is 30.8. The van der Waals surface area contributed by atoms with Crippen molar-refractivity contribution < 1.29 is 14.3 Å². The maximum Gasteiger partial charge on any atom is 0.309 e. The number of nitrogens with one attached hydrogen (secondary N) is 2. The Labute approximate surface area is 179 Å². The number of hydrogen-bond donors (Lipinski definition) is 2. The highest BCUT2D eigenvalue weighted by Crippen LogP contribution is 2.17. The molecule has 0 spiro atoms. The fraction of sp³-hybridized carbons (Fsp3) is 0.636. The molecule has 1 aromatic rings. The van der Waals surface area contributed by atoms with Gasteiger partial charge in [-0.1, -0.05) is 12.1 Å². The summed E-state index contributed by atoms with van der Waals surface area (Å²) in [5.41, 5.74) is 2.52. The third-order valence-electron chi connectivity index (χ3n) is 5.76. The van der Waals surface area contributed by atoms with Gasteiger partial charge in [0.2, 0.25) is 0 Å². The first kappa shape index (κ1) is 22.5. The molecule has 0 unspecified atom stereocenters. The molecule has 3 rings (SSSR count). The zero-order valence-corrected chi connectivity index (χ0v) is 18.1. The van der Waals surface area contributed by atoms with Crippen LogP contribution in [0, 0.1) is 0 Å². The minimum absolute atomic E-state index is 0.478. The Morgan fingerprint density at radius 3 is 2.20 bits per heavy atom. The second-order valence-corrected chi connectivity index (χ2v) is 8.03. The molecule has 2 N–H and O–H groups in total. The lowest BCUT2D eigenvalue weighted by molar-refractivity contribution is -0.139. The van der Waals surface area contributed by atoms with Crippen LogP contribution in [0.2, 0.25) is 0 Å². The number of benzene rings is 1. The molecule has 2 saturated heterocycles. The molecule has 2 amide bonds. The number of hydrogen-bond acceptors (Lipinski definition) is 6. The van der Waals surface area contributed by atoms with Crippen molar-refractivity contribution >= 4 is 17.5 Å². The highest BCUT2D eigenvalue weighted by molar-refractivity contribution is 6.35. The Balaban J connectivity index is 1.27. The molecule has 2 aliphatic heterocycles. The van der Waals surface area contributed by atoms with E-state index in [-0.39, 0.29) is 0 Å². The smallest absolute Gasteiger partial charge is 0.309 e. The molecule has 2 aliphatic rings. The number of anilines is 1. The number of carbonyl (C=O) groups excluding carboxylic acids is 2. The second-order valence-electron chi connectivity index (χ2n) is 8.03. The summed E-state index contributed by atoms with van der Waals surface area (Å²) in [5, 5.41) is 5.40. The fourth-order valence-electron chi connectivity index (χ4n) is 3.75. The SMILES string of the molecule is CN1CCN(c2ccc(CCCNC(=O)C(=O)NCCN3CCOCC3)cc2)CC1. The van der Waals surface area contributed by atoms with Crippen molar-refractivity contribution in [2.45, 2.75) is 12.8 Å². The van der Waals surface area contributed by atoms with E-state index < -0.39 is 11.8 Å². The van der Waals surface area contributed by atoms with Gasteiger partial charge in [0.15, 0.2) is 0 Å². The van der Waals surface area contributed by atoms with Gasteiger partial charge in [-0.15, -0.1) is 0 Å². The molecule has 2 heterocycles. The molecule has 0 aliphatic carbocycles. The first-order valence-electron chi connectivity index (χ1n) is 11.0. The largest absolute Gasteiger partial charge is 0.379 e. The maximum absolute atomic E-state index is 11.9. The molecular weight excluding hydrogens is 382 g/mol. The van der Waals surface area contributed by atoms with Gasteiger partial charge in [-0.3, -0.25) is 14.5 Å². The Morgan fingerprint density at radius 2 is 1.53 bits per heavy atom. The lowest BCUT2D eigenvalue weighted by Crippen LogP contribution is -2.45. The molecule has 2 fully saturated rings. The average Bonchev–Trinajstić information content (AvgIpc) is 2.78. The minimum atomic E-state index is -0.556. The summed E-state index contributed by atoms with van der Waals surface area (Å²) in [6.45, 7) is 9.25. The van der Waals surface area contributed by atoms with E-state index in [4.69, 9.17) is 4.74 Å². The summed E-state index contributed by atoms with van der Waals surface area (Å²) in [7, 11) is 2.16. The van der Waals surface area contributed by atoms with Gasteiger partial charge in [0.1, 0.15) is 0 Å². The first-order chi connectivity index (χ1) is 14.6. The molecule has 0 saturated carbocycles. The van der Waals surface area contributed by atoms with Gasteiger partial charge in [-0.25, -0.2) is 0 Å². The van der Waals surface area contributed by atoms with Crippen LogP contribution in [0.4, 0.5) is 5.69 Å². The van der Waals surface area contributed by atoms with Crippen LogP contribution in [0.5, 0.6) is 0 Å². The van der Waals surface area contributed by atoms with Crippen LogP contribution < -0.4 is 15.5 Å². The Morgan fingerprint density at radius 1 is 0.900 bits per heavy atom. The molecule has 8 nitrogen and oxygen atoms in total. The number of aryl methyl sites for hydroxylation is 1. The standard InChI is InChI=1S/C22H35N5O3/c1-25-11-13-27(14-12-25)20-6-4-19(5-7-20)3-2-8-23-21(28)22(29)24-9-10-26-15-17-30-18-16-26/h4-7H,2-3,8-18H2,1H3,(H,23,28)(H,24,29). The van der Waals surface area contributed by atoms with E-state index in [9.17, 15) is 9.59 Å². The average molecular weight is 418 g/mol. The Hall–Kier alpha value is -2.16. The molecule has 8 heteroatoms. The van der Waals surface area contributed by atoms with Gasteiger partial charge in [0, 0.05) is 64.6 Å². The highest BCUT2D eigenvalue weighted by atomic mass is 16.5. The zero-order chi connectivity index (χ0) is 21.2. The zero-order valence-electron chi connectivity index (χ0n) is 18.1. The van der Waals surface area contributed by atoms with E-state index in [0.29, 0.717) is 13.1 Å². The summed E-state index contributed by atoms with van der Waals surface area (Å²) in [5.74, 6) is -1.11. The van der Waals surface area contributed by atoms with Gasteiger partial charge < -0.3 is 25.2 Å². The van der Waals surface area contributed by atoms with Crippen LogP contribution in [-0.2, 0) is 20.7 Å². The van der Waals surface area contributed by atoms with Gasteiger partial charge in [-0.2, -0.15) is 0 Å². The number of piperazine rings is 1. The van der Waals surface area contributed by atoms with E-state index in [0.717, 1.165) is 71.9 Å². The van der Waals surface area contributed by atoms with Crippen molar-refractivity contribution in [2.75, 3.05) is 84.1 Å². The van der Waals surface area contributed by atoms with Crippen LogP contribution in [-0.4, -0.2) is 101 Å². The third-order valence-corrected chi connectivity index (χ3v) is 5.76. The molecule has 30 heavy (non-hydrogen) atoms. The van der Waals surface area contributed by atoms with Gasteiger partial charge in [0.05, 0.1) is 13.2 Å². The van der Waals surface area contributed by atoms with Crippen molar-refractivity contribution in [2.24, 2.45) is 0 Å². The number of likely N-dealkylation sites (N-methyl/N-ethyl adjacent to an activating group) is 1. The van der Waals surface area contributed by atoms with Gasteiger partial charge >= 0.3 is 11.8 Å². The quantitative estimate of drug-likeness (QED) is 0.456. The van der Waals surface area contributed by atoms with E-state index in [1.165, 1.54) is 11.3 Å². The predicted octanol–water partition coefficient (Wildman–Crippen LogP) is -0.0644. The second kappa shape index (κ2) is 11.9. The topological polar surface area (TPSA) is 77.1 Å². The van der Waals surface area contributed by atoms with E-state index >= 15 is 0 Å². The van der Waals surface area contributed by atoms with Crippen LogP contribution >= 0.6 is 0 Å². The molecule has 0 radical (unpaired) electrons. The number of ether oxygens (including phenoxy) is 1. The number of carbonyl (C=O) groups is 2. The van der Waals surface area contributed by atoms with Crippen molar-refractivity contribution in [1.82, 2.24) is 20.4 Å². The minimum Gasteiger partial charge on any atom is -0.379 e.